The highest BCUT2D eigenvalue weighted by Crippen LogP contribution is 2.28. The third-order valence-electron chi connectivity index (χ3n) is 2.66. The number of aliphatic hydroxyl groups is 1. The first-order chi connectivity index (χ1) is 8.65. The van der Waals surface area contributed by atoms with E-state index in [-0.39, 0.29) is 19.1 Å². The Morgan fingerprint density at radius 1 is 1.61 bits per heavy atom. The van der Waals surface area contributed by atoms with Crippen molar-refractivity contribution >= 4 is 33.2 Å². The van der Waals surface area contributed by atoms with Crippen LogP contribution in [-0.2, 0) is 4.74 Å². The summed E-state index contributed by atoms with van der Waals surface area (Å²) in [4.78, 5) is 12.3. The van der Waals surface area contributed by atoms with Crippen molar-refractivity contribution in [1.82, 2.24) is 5.32 Å². The first-order valence-electron chi connectivity index (χ1n) is 5.94. The smallest absolute Gasteiger partial charge is 0.261 e. The molecule has 1 unspecified atom stereocenters. The zero-order chi connectivity index (χ0) is 13.0. The van der Waals surface area contributed by atoms with Crippen LogP contribution < -0.4 is 5.32 Å². The minimum atomic E-state index is -0.642. The number of thiophene rings is 1. The van der Waals surface area contributed by atoms with E-state index in [1.54, 1.807) is 6.07 Å². The summed E-state index contributed by atoms with van der Waals surface area (Å²) in [6.07, 6.45) is 1.83. The van der Waals surface area contributed by atoms with Crippen LogP contribution in [0.3, 0.4) is 0 Å². The van der Waals surface area contributed by atoms with E-state index in [0.29, 0.717) is 10.8 Å². The molecule has 1 aliphatic rings. The molecule has 1 aromatic rings. The zero-order valence-electron chi connectivity index (χ0n) is 9.89. The molecular formula is C12H16BrNO3S. The van der Waals surface area contributed by atoms with Gasteiger partial charge >= 0.3 is 0 Å². The van der Waals surface area contributed by atoms with Crippen molar-refractivity contribution in [2.24, 2.45) is 5.92 Å². The molecule has 1 saturated carbocycles. The number of ether oxygens (including phenoxy) is 1. The van der Waals surface area contributed by atoms with Gasteiger partial charge in [-0.25, -0.2) is 0 Å². The molecule has 0 saturated heterocycles. The molecule has 1 atom stereocenters. The van der Waals surface area contributed by atoms with Crippen LogP contribution in [-0.4, -0.2) is 36.9 Å². The largest absolute Gasteiger partial charge is 0.389 e. The molecule has 1 aromatic heterocycles. The maximum Gasteiger partial charge on any atom is 0.261 e. The Labute approximate surface area is 118 Å². The van der Waals surface area contributed by atoms with Crippen molar-refractivity contribution in [2.75, 3.05) is 19.8 Å². The van der Waals surface area contributed by atoms with Gasteiger partial charge < -0.3 is 15.2 Å². The molecule has 0 aromatic carbocycles. The third kappa shape index (κ3) is 4.68. The lowest BCUT2D eigenvalue weighted by atomic mass is 10.3. The number of hydrogen-bond donors (Lipinski definition) is 2. The summed E-state index contributed by atoms with van der Waals surface area (Å²) < 4.78 is 6.27. The van der Waals surface area contributed by atoms with Crippen LogP contribution in [0.25, 0.3) is 0 Å². The Balaban J connectivity index is 1.62. The fraction of sp³-hybridized carbons (Fsp3) is 0.583. The molecular weight excluding hydrogens is 318 g/mol. The number of hydrogen-bond acceptors (Lipinski definition) is 4. The Morgan fingerprint density at radius 2 is 2.39 bits per heavy atom. The molecule has 0 radical (unpaired) electrons. The van der Waals surface area contributed by atoms with Crippen molar-refractivity contribution in [3.63, 3.8) is 0 Å². The minimum Gasteiger partial charge on any atom is -0.389 e. The molecule has 0 bridgehead atoms. The van der Waals surface area contributed by atoms with Crippen LogP contribution in [0.4, 0.5) is 0 Å². The van der Waals surface area contributed by atoms with E-state index in [0.717, 1.165) is 10.4 Å². The summed E-state index contributed by atoms with van der Waals surface area (Å²) in [7, 11) is 0. The van der Waals surface area contributed by atoms with Crippen LogP contribution in [0.1, 0.15) is 22.5 Å². The van der Waals surface area contributed by atoms with Gasteiger partial charge in [0.25, 0.3) is 5.91 Å². The van der Waals surface area contributed by atoms with Gasteiger partial charge in [-0.05, 0) is 46.8 Å². The average molecular weight is 334 g/mol. The maximum absolute atomic E-state index is 11.7. The molecule has 100 valence electrons. The molecule has 18 heavy (non-hydrogen) atoms. The van der Waals surface area contributed by atoms with Gasteiger partial charge in [0.05, 0.1) is 21.4 Å². The van der Waals surface area contributed by atoms with Crippen molar-refractivity contribution in [3.8, 4) is 0 Å². The first-order valence-corrected chi connectivity index (χ1v) is 7.55. The molecule has 4 nitrogen and oxygen atoms in total. The minimum absolute atomic E-state index is 0.160. The predicted octanol–water partition coefficient (Wildman–Crippen LogP) is 2.03. The van der Waals surface area contributed by atoms with Gasteiger partial charge in [0.15, 0.2) is 0 Å². The number of rotatable bonds is 7. The van der Waals surface area contributed by atoms with Gasteiger partial charge in [-0.3, -0.25) is 4.79 Å². The fourth-order valence-electron chi connectivity index (χ4n) is 1.45. The number of carbonyl (C=O) groups excluding carboxylic acids is 1. The van der Waals surface area contributed by atoms with Gasteiger partial charge in [-0.1, -0.05) is 0 Å². The molecule has 2 rings (SSSR count). The molecule has 1 aliphatic carbocycles. The Bertz CT molecular complexity index is 406. The van der Waals surface area contributed by atoms with Gasteiger partial charge in [-0.15, -0.1) is 11.3 Å². The lowest BCUT2D eigenvalue weighted by Crippen LogP contribution is -2.34. The van der Waals surface area contributed by atoms with E-state index in [1.807, 2.05) is 6.07 Å². The van der Waals surface area contributed by atoms with Crippen molar-refractivity contribution in [1.29, 1.82) is 0 Å². The summed E-state index contributed by atoms with van der Waals surface area (Å²) >= 11 is 4.67. The van der Waals surface area contributed by atoms with Crippen LogP contribution >= 0.6 is 27.3 Å². The molecule has 0 spiro atoms. The Hall–Kier alpha value is -0.430. The number of nitrogens with one attached hydrogen (secondary N) is 1. The molecule has 0 aliphatic heterocycles. The predicted molar refractivity (Wildman–Crippen MR) is 73.9 cm³/mol. The quantitative estimate of drug-likeness (QED) is 0.802. The SMILES string of the molecule is O=C(NCC(O)COCC1CC1)c1ccc(Br)s1. The second-order valence-corrected chi connectivity index (χ2v) is 6.91. The lowest BCUT2D eigenvalue weighted by molar-refractivity contribution is 0.0321. The zero-order valence-corrected chi connectivity index (χ0v) is 12.3. The van der Waals surface area contributed by atoms with Crippen LogP contribution in [0.5, 0.6) is 0 Å². The number of amides is 1. The van der Waals surface area contributed by atoms with Crippen LogP contribution in [0.2, 0.25) is 0 Å². The van der Waals surface area contributed by atoms with Crippen LogP contribution in [0.15, 0.2) is 15.9 Å². The first kappa shape index (κ1) is 14.0. The van der Waals surface area contributed by atoms with E-state index in [9.17, 15) is 9.90 Å². The van der Waals surface area contributed by atoms with E-state index in [2.05, 4.69) is 21.2 Å². The highest BCUT2D eigenvalue weighted by atomic mass is 79.9. The van der Waals surface area contributed by atoms with Crippen molar-refractivity contribution in [3.05, 3.63) is 20.8 Å². The normalized spacial score (nSPS) is 16.6. The number of halogens is 1. The summed E-state index contributed by atoms with van der Waals surface area (Å²) in [6, 6.07) is 3.58. The number of aliphatic hydroxyl groups excluding tert-OH is 1. The van der Waals surface area contributed by atoms with E-state index < -0.39 is 6.10 Å². The highest BCUT2D eigenvalue weighted by molar-refractivity contribution is 9.11. The fourth-order valence-corrected chi connectivity index (χ4v) is 2.75. The van der Waals surface area contributed by atoms with Gasteiger partial charge in [0, 0.05) is 13.2 Å². The molecule has 1 heterocycles. The lowest BCUT2D eigenvalue weighted by Gasteiger charge is -2.11. The summed E-state index contributed by atoms with van der Waals surface area (Å²) in [6.45, 7) is 1.23. The van der Waals surface area contributed by atoms with E-state index >= 15 is 0 Å². The second-order valence-electron chi connectivity index (χ2n) is 4.45. The molecule has 6 heteroatoms. The Kier molecular flexibility index (Phi) is 5.17. The molecule has 1 fully saturated rings. The van der Waals surface area contributed by atoms with Crippen molar-refractivity contribution in [2.45, 2.75) is 18.9 Å². The van der Waals surface area contributed by atoms with Crippen LogP contribution in [0, 0.1) is 5.92 Å². The monoisotopic (exact) mass is 333 g/mol. The van der Waals surface area contributed by atoms with Gasteiger partial charge in [-0.2, -0.15) is 0 Å². The molecule has 2 N–H and O–H groups in total. The van der Waals surface area contributed by atoms with E-state index in [1.165, 1.54) is 24.2 Å². The van der Waals surface area contributed by atoms with E-state index in [4.69, 9.17) is 4.74 Å². The van der Waals surface area contributed by atoms with Gasteiger partial charge in [0.2, 0.25) is 0 Å². The summed E-state index contributed by atoms with van der Waals surface area (Å²) in [5.74, 6) is 0.530. The summed E-state index contributed by atoms with van der Waals surface area (Å²) in [5, 5.41) is 12.3. The second kappa shape index (κ2) is 6.65. The maximum atomic E-state index is 11.7. The average Bonchev–Trinajstić information content (AvgIpc) is 3.06. The molecule has 1 amide bonds. The topological polar surface area (TPSA) is 58.6 Å². The standard InChI is InChI=1S/C12H16BrNO3S/c13-11-4-3-10(18-11)12(16)14-5-9(15)7-17-6-8-1-2-8/h3-4,8-9,15H,1-2,5-7H2,(H,14,16). The number of carbonyl (C=O) groups is 1. The van der Waals surface area contributed by atoms with Gasteiger partial charge in [0.1, 0.15) is 0 Å². The summed E-state index contributed by atoms with van der Waals surface area (Å²) in [5.41, 5.74) is 0. The Morgan fingerprint density at radius 3 is 3.00 bits per heavy atom. The highest BCUT2D eigenvalue weighted by Gasteiger charge is 2.21. The van der Waals surface area contributed by atoms with Crippen molar-refractivity contribution < 1.29 is 14.6 Å². The third-order valence-corrected chi connectivity index (χ3v) is 4.28.